The first-order valence-corrected chi connectivity index (χ1v) is 15.3. The monoisotopic (exact) mass is 583 g/mol. The molecule has 0 bridgehead atoms. The molecule has 0 aromatic heterocycles. The highest BCUT2D eigenvalue weighted by Gasteiger charge is 2.33. The van der Waals surface area contributed by atoms with E-state index < -0.39 is 28.5 Å². The molecule has 0 aliphatic heterocycles. The Hall–Kier alpha value is -3.36. The predicted molar refractivity (Wildman–Crippen MR) is 161 cm³/mol. The molecule has 0 saturated heterocycles. The Labute approximate surface area is 243 Å². The minimum atomic E-state index is -4.15. The number of carbonyl (C=O) groups excluding carboxylic acids is 2. The second-order valence-electron chi connectivity index (χ2n) is 10.0. The molecule has 3 aromatic carbocycles. The van der Waals surface area contributed by atoms with Gasteiger partial charge in [0.15, 0.2) is 0 Å². The molecule has 1 N–H and O–H groups in total. The molecule has 40 heavy (non-hydrogen) atoms. The summed E-state index contributed by atoms with van der Waals surface area (Å²) in [5, 5.41) is 3.33. The van der Waals surface area contributed by atoms with Crippen LogP contribution >= 0.6 is 11.6 Å². The average Bonchev–Trinajstić information content (AvgIpc) is 2.94. The number of aryl methyl sites for hydroxylation is 1. The molecule has 0 radical (unpaired) electrons. The molecule has 3 aromatic rings. The molecule has 0 heterocycles. The Morgan fingerprint density at radius 3 is 2.20 bits per heavy atom. The first-order chi connectivity index (χ1) is 18.9. The highest BCUT2D eigenvalue weighted by molar-refractivity contribution is 7.92. The first kappa shape index (κ1) is 31.2. The van der Waals surface area contributed by atoms with Gasteiger partial charge in [-0.05, 0) is 75.9 Å². The summed E-state index contributed by atoms with van der Waals surface area (Å²) < 4.78 is 29.0. The number of sulfonamides is 1. The molecule has 9 heteroatoms. The van der Waals surface area contributed by atoms with Crippen LogP contribution in [0.4, 0.5) is 5.69 Å². The molecule has 0 fully saturated rings. The first-order valence-electron chi connectivity index (χ1n) is 13.4. The zero-order valence-corrected chi connectivity index (χ0v) is 25.3. The number of anilines is 1. The van der Waals surface area contributed by atoms with Crippen LogP contribution in [-0.2, 0) is 26.0 Å². The van der Waals surface area contributed by atoms with Crippen LogP contribution in [0.1, 0.15) is 43.9 Å². The zero-order valence-electron chi connectivity index (χ0n) is 23.7. The Kier molecular flexibility index (Phi) is 10.8. The van der Waals surface area contributed by atoms with Gasteiger partial charge in [0.05, 0.1) is 10.6 Å². The number of amides is 2. The minimum absolute atomic E-state index is 0.0590. The Morgan fingerprint density at radius 1 is 0.925 bits per heavy atom. The van der Waals surface area contributed by atoms with E-state index >= 15 is 0 Å². The second kappa shape index (κ2) is 13.8. The normalized spacial score (nSPS) is 12.8. The van der Waals surface area contributed by atoms with Crippen molar-refractivity contribution in [2.24, 2.45) is 0 Å². The highest BCUT2D eigenvalue weighted by Crippen LogP contribution is 2.31. The van der Waals surface area contributed by atoms with Crippen molar-refractivity contribution in [2.45, 2.75) is 64.4 Å². The van der Waals surface area contributed by atoms with Crippen LogP contribution in [0.5, 0.6) is 0 Å². The topological polar surface area (TPSA) is 86.8 Å². The lowest BCUT2D eigenvalue weighted by Crippen LogP contribution is -2.53. The van der Waals surface area contributed by atoms with Gasteiger partial charge in [-0.1, -0.05) is 72.6 Å². The van der Waals surface area contributed by atoms with Crippen molar-refractivity contribution < 1.29 is 18.0 Å². The zero-order chi connectivity index (χ0) is 29.4. The second-order valence-corrected chi connectivity index (χ2v) is 12.3. The van der Waals surface area contributed by atoms with E-state index in [2.05, 4.69) is 5.32 Å². The number of hydrogen-bond donors (Lipinski definition) is 1. The summed E-state index contributed by atoms with van der Waals surface area (Å²) in [4.78, 5) is 28.6. The van der Waals surface area contributed by atoms with Gasteiger partial charge in [-0.3, -0.25) is 13.9 Å². The van der Waals surface area contributed by atoms with E-state index in [9.17, 15) is 18.0 Å². The van der Waals surface area contributed by atoms with Crippen LogP contribution in [0, 0.1) is 13.8 Å². The van der Waals surface area contributed by atoms with E-state index in [0.717, 1.165) is 21.9 Å². The highest BCUT2D eigenvalue weighted by atomic mass is 35.5. The maximum absolute atomic E-state index is 14.0. The summed E-state index contributed by atoms with van der Waals surface area (Å²) in [7, 11) is -4.15. The molecule has 0 saturated carbocycles. The average molecular weight is 584 g/mol. The molecule has 7 nitrogen and oxygen atoms in total. The van der Waals surface area contributed by atoms with Crippen LogP contribution in [0.15, 0.2) is 77.7 Å². The van der Waals surface area contributed by atoms with E-state index in [1.165, 1.54) is 17.0 Å². The van der Waals surface area contributed by atoms with Crippen molar-refractivity contribution in [3.05, 3.63) is 94.5 Å². The number of carbonyl (C=O) groups is 2. The molecular weight excluding hydrogens is 546 g/mol. The number of hydrogen-bond acceptors (Lipinski definition) is 4. The maximum Gasteiger partial charge on any atom is 0.264 e. The SMILES string of the molecule is CC[C@@H](C)NC(=O)[C@H](C)N(CCc1ccccc1)C(=O)CN(c1cccc(Cl)c1C)S(=O)(=O)c1ccc(C)cc1. The van der Waals surface area contributed by atoms with Crippen molar-refractivity contribution in [3.8, 4) is 0 Å². The van der Waals surface area contributed by atoms with Crippen LogP contribution in [0.2, 0.25) is 5.02 Å². The van der Waals surface area contributed by atoms with Gasteiger partial charge in [-0.2, -0.15) is 0 Å². The van der Waals surface area contributed by atoms with E-state index in [1.807, 2.05) is 51.1 Å². The van der Waals surface area contributed by atoms with E-state index in [-0.39, 0.29) is 23.4 Å². The standard InChI is InChI=1S/C31H38ClN3O4S/c1-6-23(3)33-31(37)25(5)34(20-19-26-11-8-7-9-12-26)30(36)21-35(29-14-10-13-28(32)24(29)4)40(38,39)27-17-15-22(2)16-18-27/h7-18,23,25H,6,19-21H2,1-5H3,(H,33,37)/t23-,25+/m1/s1. The van der Waals surface area contributed by atoms with Crippen LogP contribution in [0.3, 0.4) is 0 Å². The summed E-state index contributed by atoms with van der Waals surface area (Å²) in [5.74, 6) is -0.777. The number of rotatable bonds is 12. The third-order valence-corrected chi connectivity index (χ3v) is 9.23. The number of benzene rings is 3. The third-order valence-electron chi connectivity index (χ3n) is 7.05. The fourth-order valence-corrected chi connectivity index (χ4v) is 5.89. The molecule has 214 valence electrons. The molecule has 0 aliphatic rings. The molecule has 2 atom stereocenters. The van der Waals surface area contributed by atoms with Gasteiger partial charge in [-0.15, -0.1) is 0 Å². The smallest absolute Gasteiger partial charge is 0.264 e. The molecule has 0 spiro atoms. The van der Waals surface area contributed by atoms with Gasteiger partial charge in [0.25, 0.3) is 10.0 Å². The van der Waals surface area contributed by atoms with Gasteiger partial charge in [0.2, 0.25) is 11.8 Å². The summed E-state index contributed by atoms with van der Waals surface area (Å²) in [6.07, 6.45) is 1.25. The lowest BCUT2D eigenvalue weighted by atomic mass is 10.1. The van der Waals surface area contributed by atoms with Crippen molar-refractivity contribution in [2.75, 3.05) is 17.4 Å². The summed E-state index contributed by atoms with van der Waals surface area (Å²) in [5.41, 5.74) is 2.76. The fraction of sp³-hybridized carbons (Fsp3) is 0.355. The van der Waals surface area contributed by atoms with Crippen molar-refractivity contribution in [1.82, 2.24) is 10.2 Å². The van der Waals surface area contributed by atoms with Crippen molar-refractivity contribution in [3.63, 3.8) is 0 Å². The number of halogens is 1. The van der Waals surface area contributed by atoms with Gasteiger partial charge in [0.1, 0.15) is 12.6 Å². The predicted octanol–water partition coefficient (Wildman–Crippen LogP) is 5.53. The van der Waals surface area contributed by atoms with Crippen LogP contribution < -0.4 is 9.62 Å². The summed E-state index contributed by atoms with van der Waals surface area (Å²) >= 11 is 6.38. The Bertz CT molecular complexity index is 1410. The Balaban J connectivity index is 2.01. The largest absolute Gasteiger partial charge is 0.352 e. The lowest BCUT2D eigenvalue weighted by molar-refractivity contribution is -0.139. The van der Waals surface area contributed by atoms with Gasteiger partial charge in [0, 0.05) is 17.6 Å². The van der Waals surface area contributed by atoms with E-state index in [0.29, 0.717) is 22.7 Å². The van der Waals surface area contributed by atoms with E-state index in [4.69, 9.17) is 11.6 Å². The van der Waals surface area contributed by atoms with E-state index in [1.54, 1.807) is 44.2 Å². The number of nitrogens with zero attached hydrogens (tertiary/aromatic N) is 2. The van der Waals surface area contributed by atoms with Gasteiger partial charge in [-0.25, -0.2) is 8.42 Å². The van der Waals surface area contributed by atoms with Crippen molar-refractivity contribution in [1.29, 1.82) is 0 Å². The summed E-state index contributed by atoms with van der Waals surface area (Å²) in [6, 6.07) is 20.2. The van der Waals surface area contributed by atoms with Crippen LogP contribution in [-0.4, -0.2) is 50.3 Å². The fourth-order valence-electron chi connectivity index (χ4n) is 4.25. The minimum Gasteiger partial charge on any atom is -0.352 e. The maximum atomic E-state index is 14.0. The molecule has 2 amide bonds. The number of nitrogens with one attached hydrogen (secondary N) is 1. The molecule has 0 aliphatic carbocycles. The molecule has 3 rings (SSSR count). The molecule has 0 unspecified atom stereocenters. The van der Waals surface area contributed by atoms with Crippen LogP contribution in [0.25, 0.3) is 0 Å². The summed E-state index contributed by atoms with van der Waals surface area (Å²) in [6.45, 7) is 8.88. The van der Waals surface area contributed by atoms with Gasteiger partial charge >= 0.3 is 0 Å². The quantitative estimate of drug-likeness (QED) is 0.304. The lowest BCUT2D eigenvalue weighted by Gasteiger charge is -2.33. The third kappa shape index (κ3) is 7.64. The molecular formula is C31H38ClN3O4S. The van der Waals surface area contributed by atoms with Crippen molar-refractivity contribution >= 4 is 39.1 Å². The van der Waals surface area contributed by atoms with Gasteiger partial charge < -0.3 is 10.2 Å². The Morgan fingerprint density at radius 2 is 1.57 bits per heavy atom.